The first-order valence-electron chi connectivity index (χ1n) is 8.84. The zero-order valence-corrected chi connectivity index (χ0v) is 14.5. The highest BCUT2D eigenvalue weighted by Gasteiger charge is 2.44. The highest BCUT2D eigenvalue weighted by atomic mass is 16.5. The highest BCUT2D eigenvalue weighted by Crippen LogP contribution is 2.44. The number of nitrogens with one attached hydrogen (secondary N) is 1. The number of hydrogen-bond acceptors (Lipinski definition) is 3. The molecule has 1 heterocycles. The van der Waals surface area contributed by atoms with E-state index in [9.17, 15) is 5.11 Å². The second-order valence-electron chi connectivity index (χ2n) is 8.57. The minimum absolute atomic E-state index is 0.0859. The van der Waals surface area contributed by atoms with Gasteiger partial charge >= 0.3 is 0 Å². The standard InChI is InChI=1S/C18H35NO2/c1-16(2,3)19-12-11-17(4,20)15-8-13-21-18(14-15)9-6-5-7-10-18/h15,19-20H,5-14H2,1-4H3. The van der Waals surface area contributed by atoms with E-state index in [-0.39, 0.29) is 11.1 Å². The van der Waals surface area contributed by atoms with Gasteiger partial charge in [-0.05, 0) is 72.3 Å². The van der Waals surface area contributed by atoms with Crippen molar-refractivity contribution in [2.75, 3.05) is 13.2 Å². The maximum atomic E-state index is 11.0. The topological polar surface area (TPSA) is 41.5 Å². The van der Waals surface area contributed by atoms with Crippen LogP contribution in [0.5, 0.6) is 0 Å². The van der Waals surface area contributed by atoms with Crippen LogP contribution in [0.3, 0.4) is 0 Å². The Morgan fingerprint density at radius 1 is 1.14 bits per heavy atom. The first-order valence-corrected chi connectivity index (χ1v) is 8.84. The Balaban J connectivity index is 1.89. The summed E-state index contributed by atoms with van der Waals surface area (Å²) >= 11 is 0. The molecule has 21 heavy (non-hydrogen) atoms. The minimum atomic E-state index is -0.577. The lowest BCUT2D eigenvalue weighted by Crippen LogP contribution is -2.49. The van der Waals surface area contributed by atoms with Gasteiger partial charge in [0.15, 0.2) is 0 Å². The third-order valence-electron chi connectivity index (χ3n) is 5.42. The number of rotatable bonds is 4. The Bertz CT molecular complexity index is 321. The molecule has 0 radical (unpaired) electrons. The van der Waals surface area contributed by atoms with Crippen molar-refractivity contribution in [3.8, 4) is 0 Å². The molecule has 2 unspecified atom stereocenters. The normalized spacial score (nSPS) is 29.3. The number of ether oxygens (including phenoxy) is 1. The molecule has 2 rings (SSSR count). The molecule has 0 amide bonds. The maximum absolute atomic E-state index is 11.0. The Labute approximate surface area is 130 Å². The van der Waals surface area contributed by atoms with Crippen LogP contribution in [-0.2, 0) is 4.74 Å². The van der Waals surface area contributed by atoms with E-state index < -0.39 is 5.60 Å². The zero-order valence-electron chi connectivity index (χ0n) is 14.5. The molecule has 1 aliphatic heterocycles. The molecule has 0 aromatic carbocycles. The van der Waals surface area contributed by atoms with Gasteiger partial charge in [-0.15, -0.1) is 0 Å². The van der Waals surface area contributed by atoms with E-state index in [0.717, 1.165) is 32.4 Å². The van der Waals surface area contributed by atoms with E-state index in [1.165, 1.54) is 32.1 Å². The van der Waals surface area contributed by atoms with Crippen LogP contribution in [0.25, 0.3) is 0 Å². The SMILES string of the molecule is CC(C)(C)NCCC(C)(O)C1CCOC2(CCCCC2)C1. The van der Waals surface area contributed by atoms with E-state index in [0.29, 0.717) is 5.92 Å². The average Bonchev–Trinajstić information content (AvgIpc) is 2.38. The number of hydrogen-bond donors (Lipinski definition) is 2. The van der Waals surface area contributed by atoms with Gasteiger partial charge < -0.3 is 15.2 Å². The van der Waals surface area contributed by atoms with Crippen molar-refractivity contribution < 1.29 is 9.84 Å². The van der Waals surface area contributed by atoms with Crippen LogP contribution in [-0.4, -0.2) is 35.0 Å². The van der Waals surface area contributed by atoms with Crippen LogP contribution in [0.1, 0.15) is 79.1 Å². The van der Waals surface area contributed by atoms with Crippen molar-refractivity contribution in [2.45, 2.75) is 95.8 Å². The molecule has 3 heteroatoms. The van der Waals surface area contributed by atoms with Gasteiger partial charge in [-0.1, -0.05) is 19.3 Å². The van der Waals surface area contributed by atoms with Crippen LogP contribution in [0, 0.1) is 5.92 Å². The molecule has 2 atom stereocenters. The molecule has 2 N–H and O–H groups in total. The van der Waals surface area contributed by atoms with Gasteiger partial charge in [0.05, 0.1) is 11.2 Å². The average molecular weight is 297 g/mol. The Kier molecular flexibility index (Phi) is 5.38. The van der Waals surface area contributed by atoms with Crippen molar-refractivity contribution >= 4 is 0 Å². The van der Waals surface area contributed by atoms with Crippen LogP contribution in [0.2, 0.25) is 0 Å². The molecular weight excluding hydrogens is 262 g/mol. The summed E-state index contributed by atoms with van der Waals surface area (Å²) < 4.78 is 6.16. The fourth-order valence-electron chi connectivity index (χ4n) is 4.00. The largest absolute Gasteiger partial charge is 0.390 e. The summed E-state index contributed by atoms with van der Waals surface area (Å²) in [6.07, 6.45) is 9.20. The number of aliphatic hydroxyl groups is 1. The zero-order chi connectivity index (χ0) is 15.6. The fraction of sp³-hybridized carbons (Fsp3) is 1.00. The lowest BCUT2D eigenvalue weighted by atomic mass is 9.70. The van der Waals surface area contributed by atoms with Crippen molar-refractivity contribution in [1.82, 2.24) is 5.32 Å². The van der Waals surface area contributed by atoms with E-state index in [2.05, 4.69) is 26.1 Å². The molecule has 0 aromatic heterocycles. The molecule has 2 aliphatic rings. The van der Waals surface area contributed by atoms with Crippen LogP contribution in [0.15, 0.2) is 0 Å². The fourth-order valence-corrected chi connectivity index (χ4v) is 4.00. The van der Waals surface area contributed by atoms with Gasteiger partial charge in [-0.3, -0.25) is 0 Å². The Hall–Kier alpha value is -0.120. The Morgan fingerprint density at radius 2 is 1.81 bits per heavy atom. The third kappa shape index (κ3) is 4.94. The summed E-state index contributed by atoms with van der Waals surface area (Å²) in [4.78, 5) is 0. The van der Waals surface area contributed by atoms with Crippen molar-refractivity contribution in [1.29, 1.82) is 0 Å². The van der Waals surface area contributed by atoms with Gasteiger partial charge in [0, 0.05) is 12.1 Å². The molecule has 0 bridgehead atoms. The highest BCUT2D eigenvalue weighted by molar-refractivity contribution is 4.95. The lowest BCUT2D eigenvalue weighted by Gasteiger charge is -2.47. The first-order chi connectivity index (χ1) is 9.73. The molecule has 3 nitrogen and oxygen atoms in total. The summed E-state index contributed by atoms with van der Waals surface area (Å²) in [5, 5.41) is 14.5. The van der Waals surface area contributed by atoms with Gasteiger partial charge in [0.25, 0.3) is 0 Å². The second-order valence-corrected chi connectivity index (χ2v) is 8.57. The van der Waals surface area contributed by atoms with Gasteiger partial charge in [-0.25, -0.2) is 0 Å². The predicted octanol–water partition coefficient (Wildman–Crippen LogP) is 3.65. The van der Waals surface area contributed by atoms with Gasteiger partial charge in [0.2, 0.25) is 0 Å². The predicted molar refractivity (Wildman–Crippen MR) is 87.5 cm³/mol. The molecule has 2 fully saturated rings. The van der Waals surface area contributed by atoms with Crippen molar-refractivity contribution in [2.24, 2.45) is 5.92 Å². The monoisotopic (exact) mass is 297 g/mol. The van der Waals surface area contributed by atoms with Crippen LogP contribution in [0.4, 0.5) is 0 Å². The summed E-state index contributed by atoms with van der Waals surface area (Å²) in [7, 11) is 0. The van der Waals surface area contributed by atoms with E-state index in [1.54, 1.807) is 0 Å². The van der Waals surface area contributed by atoms with E-state index in [1.807, 2.05) is 6.92 Å². The van der Waals surface area contributed by atoms with Crippen LogP contribution < -0.4 is 5.32 Å². The third-order valence-corrected chi connectivity index (χ3v) is 5.42. The molecular formula is C18H35NO2. The Morgan fingerprint density at radius 3 is 2.43 bits per heavy atom. The molecule has 0 aromatic rings. The van der Waals surface area contributed by atoms with E-state index in [4.69, 9.17) is 4.74 Å². The lowest BCUT2D eigenvalue weighted by molar-refractivity contribution is -0.153. The maximum Gasteiger partial charge on any atom is 0.0686 e. The molecule has 124 valence electrons. The minimum Gasteiger partial charge on any atom is -0.390 e. The molecule has 1 aliphatic carbocycles. The molecule has 1 spiro atoms. The summed E-state index contributed by atoms with van der Waals surface area (Å²) in [6.45, 7) is 10.3. The van der Waals surface area contributed by atoms with Crippen molar-refractivity contribution in [3.63, 3.8) is 0 Å². The molecule has 1 saturated heterocycles. The molecule has 1 saturated carbocycles. The van der Waals surface area contributed by atoms with Gasteiger partial charge in [0.1, 0.15) is 0 Å². The smallest absolute Gasteiger partial charge is 0.0686 e. The van der Waals surface area contributed by atoms with Crippen LogP contribution >= 0.6 is 0 Å². The van der Waals surface area contributed by atoms with Crippen molar-refractivity contribution in [3.05, 3.63) is 0 Å². The second kappa shape index (κ2) is 6.55. The quantitative estimate of drug-likeness (QED) is 0.832. The summed E-state index contributed by atoms with van der Waals surface area (Å²) in [5.41, 5.74) is -0.370. The first kappa shape index (κ1) is 17.2. The summed E-state index contributed by atoms with van der Waals surface area (Å²) in [5.74, 6) is 0.381. The van der Waals surface area contributed by atoms with E-state index >= 15 is 0 Å². The summed E-state index contributed by atoms with van der Waals surface area (Å²) in [6, 6.07) is 0. The van der Waals surface area contributed by atoms with Gasteiger partial charge in [-0.2, -0.15) is 0 Å².